The maximum atomic E-state index is 12.7. The third-order valence-corrected chi connectivity index (χ3v) is 5.54. The Labute approximate surface area is 190 Å². The summed E-state index contributed by atoms with van der Waals surface area (Å²) in [7, 11) is 0. The lowest BCUT2D eigenvalue weighted by Gasteiger charge is -2.09. The molecule has 0 aliphatic carbocycles. The summed E-state index contributed by atoms with van der Waals surface area (Å²) < 4.78 is 16.2. The minimum absolute atomic E-state index is 0.0443. The van der Waals surface area contributed by atoms with Crippen molar-refractivity contribution in [2.45, 2.75) is 13.5 Å². The van der Waals surface area contributed by atoms with E-state index in [9.17, 15) is 14.4 Å². The van der Waals surface area contributed by atoms with Gasteiger partial charge in [0, 0.05) is 21.5 Å². The highest BCUT2D eigenvalue weighted by molar-refractivity contribution is 7.15. The fourth-order valence-electron chi connectivity index (χ4n) is 2.94. The molecule has 32 heavy (non-hydrogen) atoms. The summed E-state index contributed by atoms with van der Waals surface area (Å²) in [5.41, 5.74) is 1.35. The van der Waals surface area contributed by atoms with Gasteiger partial charge in [-0.3, -0.25) is 4.79 Å². The molecule has 9 nitrogen and oxygen atoms in total. The third kappa shape index (κ3) is 4.36. The number of nitrogens with one attached hydrogen (secondary N) is 1. The molecule has 1 N–H and O–H groups in total. The highest BCUT2D eigenvalue weighted by Crippen LogP contribution is 2.39. The maximum absolute atomic E-state index is 12.7. The van der Waals surface area contributed by atoms with Crippen LogP contribution in [-0.4, -0.2) is 28.3 Å². The van der Waals surface area contributed by atoms with E-state index in [1.165, 1.54) is 6.26 Å². The first-order valence-electron chi connectivity index (χ1n) is 9.43. The number of ether oxygens (including phenoxy) is 1. The minimum atomic E-state index is -0.819. The van der Waals surface area contributed by atoms with Crippen molar-refractivity contribution in [3.05, 3.63) is 69.2 Å². The van der Waals surface area contributed by atoms with Crippen molar-refractivity contribution in [3.8, 4) is 22.8 Å². The second kappa shape index (κ2) is 9.25. The SMILES string of the molecule is CCOC(=O)c1c(-c2ccccc2Cl)csc1NC(=O)Cn1nc(-c2ccco2)oc1=O. The summed E-state index contributed by atoms with van der Waals surface area (Å²) in [6.07, 6.45) is 1.41. The molecule has 0 atom stereocenters. The second-order valence-electron chi connectivity index (χ2n) is 6.41. The molecule has 1 amide bonds. The van der Waals surface area contributed by atoms with Gasteiger partial charge in [0.05, 0.1) is 12.9 Å². The second-order valence-corrected chi connectivity index (χ2v) is 7.70. The molecule has 11 heteroatoms. The quantitative estimate of drug-likeness (QED) is 0.398. The standard InChI is InChI=1S/C21H16ClN3O6S/c1-2-29-20(27)17-13(12-6-3-4-7-14(12)22)11-32-19(17)23-16(26)10-25-21(28)31-18(24-25)15-8-5-9-30-15/h3-9,11H,2,10H2,1H3,(H,23,26). The summed E-state index contributed by atoms with van der Waals surface area (Å²) in [4.78, 5) is 37.3. The number of halogens is 1. The number of amides is 1. The first-order chi connectivity index (χ1) is 15.5. The average molecular weight is 474 g/mol. The number of rotatable bonds is 7. The van der Waals surface area contributed by atoms with Gasteiger partial charge < -0.3 is 18.9 Å². The van der Waals surface area contributed by atoms with Crippen LogP contribution in [0.1, 0.15) is 17.3 Å². The Morgan fingerprint density at radius 1 is 1.22 bits per heavy atom. The van der Waals surface area contributed by atoms with Crippen molar-refractivity contribution in [2.75, 3.05) is 11.9 Å². The van der Waals surface area contributed by atoms with Gasteiger partial charge in [0.1, 0.15) is 17.1 Å². The van der Waals surface area contributed by atoms with E-state index in [1.807, 2.05) is 0 Å². The third-order valence-electron chi connectivity index (χ3n) is 4.32. The monoisotopic (exact) mass is 473 g/mol. The molecular weight excluding hydrogens is 458 g/mol. The fraction of sp³-hybridized carbons (Fsp3) is 0.143. The number of thiophene rings is 1. The smallest absolute Gasteiger partial charge is 0.437 e. The number of carbonyl (C=O) groups is 2. The van der Waals surface area contributed by atoms with E-state index in [-0.39, 0.29) is 28.8 Å². The molecule has 4 aromatic rings. The summed E-state index contributed by atoms with van der Waals surface area (Å²) in [6, 6.07) is 10.2. The molecule has 0 bridgehead atoms. The largest absolute Gasteiger partial charge is 0.462 e. The maximum Gasteiger partial charge on any atom is 0.437 e. The highest BCUT2D eigenvalue weighted by atomic mass is 35.5. The van der Waals surface area contributed by atoms with E-state index in [0.717, 1.165) is 16.0 Å². The number of esters is 1. The molecule has 0 aliphatic heterocycles. The van der Waals surface area contributed by atoms with Crippen LogP contribution >= 0.6 is 22.9 Å². The van der Waals surface area contributed by atoms with E-state index in [1.54, 1.807) is 48.7 Å². The lowest BCUT2D eigenvalue weighted by atomic mass is 10.0. The number of hydrogen-bond donors (Lipinski definition) is 1. The van der Waals surface area contributed by atoms with Crippen LogP contribution in [0.3, 0.4) is 0 Å². The Morgan fingerprint density at radius 3 is 2.75 bits per heavy atom. The van der Waals surface area contributed by atoms with Crippen LogP contribution in [-0.2, 0) is 16.1 Å². The van der Waals surface area contributed by atoms with Gasteiger partial charge in [-0.1, -0.05) is 29.8 Å². The van der Waals surface area contributed by atoms with Crippen LogP contribution in [0.2, 0.25) is 5.02 Å². The van der Waals surface area contributed by atoms with Gasteiger partial charge >= 0.3 is 11.7 Å². The van der Waals surface area contributed by atoms with Crippen LogP contribution in [0.5, 0.6) is 0 Å². The summed E-state index contributed by atoms with van der Waals surface area (Å²) in [5.74, 6) is -1.78. The first-order valence-corrected chi connectivity index (χ1v) is 10.7. The van der Waals surface area contributed by atoms with Crippen LogP contribution < -0.4 is 11.1 Å². The van der Waals surface area contributed by atoms with Crippen molar-refractivity contribution in [1.82, 2.24) is 9.78 Å². The molecule has 0 fully saturated rings. The van der Waals surface area contributed by atoms with Crippen molar-refractivity contribution in [3.63, 3.8) is 0 Å². The predicted octanol–water partition coefficient (Wildman–Crippen LogP) is 4.29. The Hall–Kier alpha value is -3.63. The Kier molecular flexibility index (Phi) is 6.24. The lowest BCUT2D eigenvalue weighted by Crippen LogP contribution is -2.26. The molecule has 0 radical (unpaired) electrons. The molecule has 0 saturated carbocycles. The molecule has 0 aliphatic rings. The molecule has 1 aromatic carbocycles. The van der Waals surface area contributed by atoms with Gasteiger partial charge in [-0.05, 0) is 25.1 Å². The van der Waals surface area contributed by atoms with E-state index in [0.29, 0.717) is 16.1 Å². The average Bonchev–Trinajstić information content (AvgIpc) is 3.50. The van der Waals surface area contributed by atoms with Gasteiger partial charge in [-0.2, -0.15) is 4.68 Å². The minimum Gasteiger partial charge on any atom is -0.462 e. The zero-order valence-corrected chi connectivity index (χ0v) is 18.2. The van der Waals surface area contributed by atoms with Gasteiger partial charge in [0.2, 0.25) is 5.91 Å². The molecule has 164 valence electrons. The number of furan rings is 1. The van der Waals surface area contributed by atoms with Gasteiger partial charge in [0.15, 0.2) is 5.76 Å². The van der Waals surface area contributed by atoms with Crippen LogP contribution in [0.25, 0.3) is 22.8 Å². The Morgan fingerprint density at radius 2 is 2.03 bits per heavy atom. The van der Waals surface area contributed by atoms with Crippen molar-refractivity contribution in [2.24, 2.45) is 0 Å². The van der Waals surface area contributed by atoms with E-state index in [2.05, 4.69) is 10.4 Å². The summed E-state index contributed by atoms with van der Waals surface area (Å²) in [6.45, 7) is 1.42. The van der Waals surface area contributed by atoms with E-state index < -0.39 is 24.2 Å². The number of aromatic nitrogens is 2. The summed E-state index contributed by atoms with van der Waals surface area (Å²) in [5, 5.41) is 9.04. The molecular formula is C21H16ClN3O6S. The number of carbonyl (C=O) groups excluding carboxylic acids is 2. The molecule has 0 saturated heterocycles. The van der Waals surface area contributed by atoms with Crippen LogP contribution in [0.4, 0.5) is 5.00 Å². The zero-order valence-electron chi connectivity index (χ0n) is 16.7. The zero-order chi connectivity index (χ0) is 22.7. The van der Waals surface area contributed by atoms with Crippen molar-refractivity contribution in [1.29, 1.82) is 0 Å². The first kappa shape index (κ1) is 21.6. The predicted molar refractivity (Wildman–Crippen MR) is 118 cm³/mol. The molecule has 0 unspecified atom stereocenters. The molecule has 0 spiro atoms. The van der Waals surface area contributed by atoms with Crippen LogP contribution in [0, 0.1) is 0 Å². The van der Waals surface area contributed by atoms with E-state index >= 15 is 0 Å². The topological polar surface area (TPSA) is 117 Å². The number of hydrogen-bond acceptors (Lipinski definition) is 8. The highest BCUT2D eigenvalue weighted by Gasteiger charge is 2.24. The van der Waals surface area contributed by atoms with Gasteiger partial charge in [-0.15, -0.1) is 16.4 Å². The number of benzene rings is 1. The number of nitrogens with zero attached hydrogens (tertiary/aromatic N) is 2. The Balaban J connectivity index is 1.60. The lowest BCUT2D eigenvalue weighted by molar-refractivity contribution is -0.117. The fourth-order valence-corrected chi connectivity index (χ4v) is 4.14. The molecule has 3 heterocycles. The Bertz CT molecular complexity index is 1320. The number of anilines is 1. The van der Waals surface area contributed by atoms with Crippen molar-refractivity contribution >= 4 is 39.8 Å². The molecule has 3 aromatic heterocycles. The molecule has 4 rings (SSSR count). The van der Waals surface area contributed by atoms with E-state index in [4.69, 9.17) is 25.2 Å². The van der Waals surface area contributed by atoms with Crippen LogP contribution in [0.15, 0.2) is 61.7 Å². The normalized spacial score (nSPS) is 10.8. The van der Waals surface area contributed by atoms with Crippen molar-refractivity contribution < 1.29 is 23.2 Å². The van der Waals surface area contributed by atoms with Gasteiger partial charge in [0.25, 0.3) is 5.89 Å². The summed E-state index contributed by atoms with van der Waals surface area (Å²) >= 11 is 7.44. The van der Waals surface area contributed by atoms with Gasteiger partial charge in [-0.25, -0.2) is 9.59 Å².